The van der Waals surface area contributed by atoms with Crippen molar-refractivity contribution in [1.82, 2.24) is 4.90 Å². The van der Waals surface area contributed by atoms with Crippen LogP contribution in [0.25, 0.3) is 0 Å². The van der Waals surface area contributed by atoms with E-state index >= 15 is 0 Å². The fraction of sp³-hybridized carbons (Fsp3) is 0.929. The van der Waals surface area contributed by atoms with E-state index in [-0.39, 0.29) is 30.2 Å². The fourth-order valence-corrected chi connectivity index (χ4v) is 3.58. The van der Waals surface area contributed by atoms with Crippen molar-refractivity contribution < 1.29 is 27.4 Å². The molecule has 0 radical (unpaired) electrons. The molecule has 21 heavy (non-hydrogen) atoms. The van der Waals surface area contributed by atoms with Gasteiger partial charge < -0.3 is 9.47 Å². The van der Waals surface area contributed by atoms with Crippen LogP contribution in [-0.2, 0) is 14.3 Å². The molecule has 2 bridgehead atoms. The molecule has 0 saturated carbocycles. The van der Waals surface area contributed by atoms with Gasteiger partial charge in [0.15, 0.2) is 0 Å². The molecule has 3 heterocycles. The van der Waals surface area contributed by atoms with E-state index in [1.165, 1.54) is 4.90 Å². The summed E-state index contributed by atoms with van der Waals surface area (Å²) in [4.78, 5) is 13.5. The lowest BCUT2D eigenvalue weighted by Crippen LogP contribution is -2.43. The third-order valence-corrected chi connectivity index (χ3v) is 4.63. The number of alkyl halides is 3. The van der Waals surface area contributed by atoms with Gasteiger partial charge in [-0.15, -0.1) is 0 Å². The molecule has 0 amide bonds. The summed E-state index contributed by atoms with van der Waals surface area (Å²) < 4.78 is 48.0. The van der Waals surface area contributed by atoms with Crippen molar-refractivity contribution in [2.75, 3.05) is 19.6 Å². The van der Waals surface area contributed by atoms with Crippen molar-refractivity contribution in [2.24, 2.45) is 5.92 Å². The zero-order chi connectivity index (χ0) is 15.0. The molecular formula is C14H20F3NO3. The highest BCUT2D eigenvalue weighted by Gasteiger charge is 2.46. The van der Waals surface area contributed by atoms with E-state index in [1.54, 1.807) is 0 Å². The second-order valence-corrected chi connectivity index (χ2v) is 6.24. The summed E-state index contributed by atoms with van der Waals surface area (Å²) in [5.41, 5.74) is 0. The molecule has 3 rings (SSSR count). The number of rotatable bonds is 3. The zero-order valence-corrected chi connectivity index (χ0v) is 11.8. The highest BCUT2D eigenvalue weighted by molar-refractivity contribution is 5.74. The first-order valence-electron chi connectivity index (χ1n) is 7.56. The first kappa shape index (κ1) is 15.1. The molecule has 0 aromatic rings. The minimum Gasteiger partial charge on any atom is -0.462 e. The van der Waals surface area contributed by atoms with Crippen LogP contribution >= 0.6 is 0 Å². The van der Waals surface area contributed by atoms with Crippen molar-refractivity contribution in [3.63, 3.8) is 0 Å². The Bertz CT molecular complexity index is 393. The number of piperidine rings is 1. The van der Waals surface area contributed by atoms with Crippen LogP contribution in [0.2, 0.25) is 0 Å². The number of carbonyl (C=O) groups is 1. The molecule has 0 spiro atoms. The second-order valence-electron chi connectivity index (χ2n) is 6.24. The summed E-state index contributed by atoms with van der Waals surface area (Å²) in [6, 6.07) is 0. The lowest BCUT2D eigenvalue weighted by Gasteiger charge is -2.32. The largest absolute Gasteiger partial charge is 0.462 e. The number of nitrogens with zero attached hydrogens (tertiary/aromatic N) is 1. The van der Waals surface area contributed by atoms with E-state index in [1.807, 2.05) is 0 Å². The van der Waals surface area contributed by atoms with Gasteiger partial charge in [-0.25, -0.2) is 0 Å². The van der Waals surface area contributed by atoms with Gasteiger partial charge >= 0.3 is 12.1 Å². The van der Waals surface area contributed by atoms with Crippen molar-refractivity contribution in [3.8, 4) is 0 Å². The van der Waals surface area contributed by atoms with E-state index in [0.717, 1.165) is 19.3 Å². The normalized spacial score (nSPS) is 34.3. The van der Waals surface area contributed by atoms with Crippen LogP contribution in [0.3, 0.4) is 0 Å². The van der Waals surface area contributed by atoms with Crippen LogP contribution in [-0.4, -0.2) is 55.0 Å². The van der Waals surface area contributed by atoms with Crippen molar-refractivity contribution >= 4 is 5.97 Å². The molecule has 0 N–H and O–H groups in total. The predicted molar refractivity (Wildman–Crippen MR) is 67.6 cm³/mol. The number of ether oxygens (including phenoxy) is 2. The molecule has 7 heteroatoms. The fourth-order valence-electron chi connectivity index (χ4n) is 3.58. The first-order chi connectivity index (χ1) is 9.90. The summed E-state index contributed by atoms with van der Waals surface area (Å²) in [6.45, 7) is -0.233. The Labute approximate surface area is 121 Å². The summed E-state index contributed by atoms with van der Waals surface area (Å²) in [6.07, 6.45) is -0.610. The summed E-state index contributed by atoms with van der Waals surface area (Å²) >= 11 is 0. The van der Waals surface area contributed by atoms with E-state index in [0.29, 0.717) is 25.9 Å². The molecule has 3 aliphatic heterocycles. The van der Waals surface area contributed by atoms with Gasteiger partial charge in [-0.1, -0.05) is 0 Å². The van der Waals surface area contributed by atoms with E-state index in [2.05, 4.69) is 0 Å². The van der Waals surface area contributed by atoms with Crippen LogP contribution in [0, 0.1) is 5.92 Å². The predicted octanol–water partition coefficient (Wildman–Crippen LogP) is 2.12. The number of hydrogen-bond donors (Lipinski definition) is 0. The number of likely N-dealkylation sites (tertiary alicyclic amines) is 1. The molecule has 3 saturated heterocycles. The maximum absolute atomic E-state index is 12.3. The molecule has 3 unspecified atom stereocenters. The Morgan fingerprint density at radius 3 is 2.43 bits per heavy atom. The Kier molecular flexibility index (Phi) is 4.14. The first-order valence-corrected chi connectivity index (χ1v) is 7.56. The van der Waals surface area contributed by atoms with Gasteiger partial charge in [0, 0.05) is 13.1 Å². The Morgan fingerprint density at radius 2 is 1.90 bits per heavy atom. The maximum atomic E-state index is 12.3. The number of carbonyl (C=O) groups excluding carboxylic acids is 1. The molecule has 3 fully saturated rings. The minimum absolute atomic E-state index is 0.00665. The minimum atomic E-state index is -4.16. The molecule has 3 aliphatic rings. The standard InChI is InChI=1S/C14H20F3NO3/c15-14(16,17)8-18-5-3-9(4-6-18)21-13(19)11-7-10-1-2-12(11)20-10/h9-12H,1-8H2. The van der Waals surface area contributed by atoms with Crippen LogP contribution in [0.4, 0.5) is 13.2 Å². The third kappa shape index (κ3) is 3.69. The monoisotopic (exact) mass is 307 g/mol. The van der Waals surface area contributed by atoms with E-state index in [4.69, 9.17) is 9.47 Å². The van der Waals surface area contributed by atoms with Crippen molar-refractivity contribution in [3.05, 3.63) is 0 Å². The zero-order valence-electron chi connectivity index (χ0n) is 11.8. The maximum Gasteiger partial charge on any atom is 0.401 e. The van der Waals surface area contributed by atoms with Gasteiger partial charge in [-0.2, -0.15) is 13.2 Å². The number of hydrogen-bond acceptors (Lipinski definition) is 4. The van der Waals surface area contributed by atoms with Crippen LogP contribution < -0.4 is 0 Å². The Morgan fingerprint density at radius 1 is 1.19 bits per heavy atom. The highest BCUT2D eigenvalue weighted by Crippen LogP contribution is 2.39. The van der Waals surface area contributed by atoms with Crippen LogP contribution in [0.1, 0.15) is 32.1 Å². The molecular weight excluding hydrogens is 287 g/mol. The lowest BCUT2D eigenvalue weighted by atomic mass is 9.89. The molecule has 3 atom stereocenters. The van der Waals surface area contributed by atoms with Gasteiger partial charge in [0.2, 0.25) is 0 Å². The van der Waals surface area contributed by atoms with Gasteiger partial charge in [-0.05, 0) is 32.1 Å². The van der Waals surface area contributed by atoms with Crippen LogP contribution in [0.5, 0.6) is 0 Å². The van der Waals surface area contributed by atoms with Gasteiger partial charge in [-0.3, -0.25) is 9.69 Å². The molecule has 0 aromatic heterocycles. The van der Waals surface area contributed by atoms with Crippen LogP contribution in [0.15, 0.2) is 0 Å². The number of fused-ring (bicyclic) bond motifs is 2. The third-order valence-electron chi connectivity index (χ3n) is 4.63. The smallest absolute Gasteiger partial charge is 0.401 e. The van der Waals surface area contributed by atoms with E-state index < -0.39 is 12.7 Å². The lowest BCUT2D eigenvalue weighted by molar-refractivity contribution is -0.164. The Hall–Kier alpha value is -0.820. The number of halogens is 3. The van der Waals surface area contributed by atoms with Crippen molar-refractivity contribution in [2.45, 2.75) is 56.6 Å². The van der Waals surface area contributed by atoms with Gasteiger partial charge in [0.05, 0.1) is 24.7 Å². The molecule has 4 nitrogen and oxygen atoms in total. The highest BCUT2D eigenvalue weighted by atomic mass is 19.4. The Balaban J connectivity index is 1.42. The summed E-state index contributed by atoms with van der Waals surface area (Å²) in [7, 11) is 0. The number of esters is 1. The second kappa shape index (κ2) is 5.76. The molecule has 120 valence electrons. The quantitative estimate of drug-likeness (QED) is 0.749. The summed E-state index contributed by atoms with van der Waals surface area (Å²) in [5.74, 6) is -0.395. The molecule has 0 aliphatic carbocycles. The van der Waals surface area contributed by atoms with Gasteiger partial charge in [0.25, 0.3) is 0 Å². The van der Waals surface area contributed by atoms with Gasteiger partial charge in [0.1, 0.15) is 6.10 Å². The average molecular weight is 307 g/mol. The SMILES string of the molecule is O=C(OC1CCN(CC(F)(F)F)CC1)C1CC2CCC1O2. The summed E-state index contributed by atoms with van der Waals surface area (Å²) in [5, 5.41) is 0. The van der Waals surface area contributed by atoms with E-state index in [9.17, 15) is 18.0 Å². The average Bonchev–Trinajstić information content (AvgIpc) is 3.01. The molecule has 0 aromatic carbocycles. The topological polar surface area (TPSA) is 38.8 Å². The van der Waals surface area contributed by atoms with Crippen molar-refractivity contribution in [1.29, 1.82) is 0 Å².